The van der Waals surface area contributed by atoms with Crippen LogP contribution in [0.1, 0.15) is 17.4 Å². The van der Waals surface area contributed by atoms with E-state index in [1.165, 1.54) is 23.0 Å². The summed E-state index contributed by atoms with van der Waals surface area (Å²) in [5, 5.41) is 0. The first-order valence-electron chi connectivity index (χ1n) is 5.50. The van der Waals surface area contributed by atoms with Gasteiger partial charge in [-0.15, -0.1) is 0 Å². The van der Waals surface area contributed by atoms with E-state index >= 15 is 0 Å². The number of carbonyl (C=O) groups is 1. The number of hydrogen-bond donors (Lipinski definition) is 1. The molecule has 0 saturated carbocycles. The minimum atomic E-state index is -0.573. The molecule has 2 aromatic rings. The number of benzene rings is 1. The van der Waals surface area contributed by atoms with Gasteiger partial charge in [-0.25, -0.2) is 14.2 Å². The number of hydrogen-bond acceptors (Lipinski definition) is 4. The molecule has 0 spiro atoms. The molecule has 5 nitrogen and oxygen atoms in total. The number of rotatable bonds is 3. The molecule has 1 aromatic heterocycles. The first-order chi connectivity index (χ1) is 9.04. The van der Waals surface area contributed by atoms with E-state index < -0.39 is 5.97 Å². The van der Waals surface area contributed by atoms with E-state index in [4.69, 9.17) is 10.5 Å². The maximum Gasteiger partial charge on any atom is 0.360 e. The predicted molar refractivity (Wildman–Crippen MR) is 76.6 cm³/mol. The van der Waals surface area contributed by atoms with Crippen LogP contribution in [-0.4, -0.2) is 22.1 Å². The van der Waals surface area contributed by atoms with E-state index in [1.54, 1.807) is 13.0 Å². The Kier molecular flexibility index (Phi) is 4.03. The van der Waals surface area contributed by atoms with Crippen molar-refractivity contribution in [1.82, 2.24) is 9.55 Å². The molecule has 2 rings (SSSR count). The fraction of sp³-hybridized carbons (Fsp3) is 0.167. The van der Waals surface area contributed by atoms with E-state index in [2.05, 4.69) is 4.98 Å². The van der Waals surface area contributed by atoms with Crippen molar-refractivity contribution in [2.24, 2.45) is 0 Å². The lowest BCUT2D eigenvalue weighted by Gasteiger charge is -2.08. The Bertz CT molecular complexity index is 627. The number of ether oxygens (including phenoxy) is 1. The molecule has 0 saturated heterocycles. The van der Waals surface area contributed by atoms with Crippen molar-refractivity contribution in [2.45, 2.75) is 6.92 Å². The van der Waals surface area contributed by atoms with Gasteiger partial charge in [-0.2, -0.15) is 0 Å². The monoisotopic (exact) mass is 375 g/mol. The van der Waals surface area contributed by atoms with E-state index in [1.807, 2.05) is 22.6 Å². The van der Waals surface area contributed by atoms with Crippen LogP contribution in [-0.2, 0) is 4.74 Å². The number of imidazole rings is 1. The molecule has 0 aliphatic heterocycles. The molecule has 0 aliphatic rings. The molecular weight excluding hydrogens is 364 g/mol. The Labute approximate surface area is 122 Å². The zero-order chi connectivity index (χ0) is 14.0. The predicted octanol–water partition coefficient (Wildman–Crippen LogP) is 2.37. The second kappa shape index (κ2) is 5.55. The zero-order valence-corrected chi connectivity index (χ0v) is 12.2. The van der Waals surface area contributed by atoms with Crippen molar-refractivity contribution in [3.05, 3.63) is 39.6 Å². The molecule has 1 heterocycles. The van der Waals surface area contributed by atoms with E-state index in [9.17, 15) is 9.18 Å². The third kappa shape index (κ3) is 2.70. The number of aromatic nitrogens is 2. The molecule has 0 radical (unpaired) electrons. The van der Waals surface area contributed by atoms with Crippen LogP contribution in [0, 0.1) is 9.39 Å². The molecule has 100 valence electrons. The van der Waals surface area contributed by atoms with E-state index in [0.717, 1.165) is 0 Å². The van der Waals surface area contributed by atoms with Gasteiger partial charge in [0.25, 0.3) is 0 Å². The molecule has 0 atom stereocenters. The highest BCUT2D eigenvalue weighted by atomic mass is 127. The molecule has 2 N–H and O–H groups in total. The number of esters is 1. The topological polar surface area (TPSA) is 70.1 Å². The van der Waals surface area contributed by atoms with E-state index in [-0.39, 0.29) is 23.9 Å². The summed E-state index contributed by atoms with van der Waals surface area (Å²) in [7, 11) is 0. The number of nitrogens with zero attached hydrogens (tertiary/aromatic N) is 2. The second-order valence-electron chi connectivity index (χ2n) is 3.66. The summed E-state index contributed by atoms with van der Waals surface area (Å²) >= 11 is 1.99. The fourth-order valence-corrected chi connectivity index (χ4v) is 2.32. The van der Waals surface area contributed by atoms with Crippen LogP contribution in [0.5, 0.6) is 0 Å². The Morgan fingerprint density at radius 2 is 2.32 bits per heavy atom. The number of nitrogen functional groups attached to an aromatic ring is 1. The zero-order valence-electron chi connectivity index (χ0n) is 10.1. The summed E-state index contributed by atoms with van der Waals surface area (Å²) in [6, 6.07) is 4.27. The summed E-state index contributed by atoms with van der Waals surface area (Å²) in [4.78, 5) is 15.5. The van der Waals surface area contributed by atoms with Gasteiger partial charge in [0.15, 0.2) is 5.69 Å². The number of carbonyl (C=O) groups excluding carboxylic acids is 1. The van der Waals surface area contributed by atoms with Crippen molar-refractivity contribution >= 4 is 34.4 Å². The average molecular weight is 375 g/mol. The number of nitrogens with two attached hydrogens (primary N) is 1. The minimum Gasteiger partial charge on any atom is -0.461 e. The van der Waals surface area contributed by atoms with Crippen molar-refractivity contribution in [1.29, 1.82) is 0 Å². The normalized spacial score (nSPS) is 10.5. The molecule has 0 fully saturated rings. The Morgan fingerprint density at radius 1 is 1.58 bits per heavy atom. The number of halogens is 2. The molecule has 1 aromatic carbocycles. The quantitative estimate of drug-likeness (QED) is 0.661. The average Bonchev–Trinajstić information content (AvgIpc) is 2.72. The molecule has 0 aliphatic carbocycles. The van der Waals surface area contributed by atoms with Gasteiger partial charge in [0.2, 0.25) is 0 Å². The van der Waals surface area contributed by atoms with Crippen LogP contribution < -0.4 is 5.73 Å². The maximum absolute atomic E-state index is 13.1. The molecule has 0 bridgehead atoms. The van der Waals surface area contributed by atoms with E-state index in [0.29, 0.717) is 9.26 Å². The smallest absolute Gasteiger partial charge is 0.360 e. The lowest BCUT2D eigenvalue weighted by Crippen LogP contribution is -2.09. The summed E-state index contributed by atoms with van der Waals surface area (Å²) < 4.78 is 20.1. The highest BCUT2D eigenvalue weighted by Crippen LogP contribution is 2.23. The van der Waals surface area contributed by atoms with Crippen LogP contribution in [0.15, 0.2) is 24.5 Å². The Balaban J connectivity index is 2.44. The maximum atomic E-state index is 13.1. The van der Waals surface area contributed by atoms with Gasteiger partial charge in [-0.3, -0.25) is 4.57 Å². The molecule has 0 unspecified atom stereocenters. The van der Waals surface area contributed by atoms with Gasteiger partial charge in [0.1, 0.15) is 18.0 Å². The molecule has 0 amide bonds. The lowest BCUT2D eigenvalue weighted by molar-refractivity contribution is 0.0521. The van der Waals surface area contributed by atoms with Gasteiger partial charge < -0.3 is 10.5 Å². The largest absolute Gasteiger partial charge is 0.461 e. The van der Waals surface area contributed by atoms with Crippen molar-refractivity contribution in [3.8, 4) is 5.69 Å². The lowest BCUT2D eigenvalue weighted by atomic mass is 10.3. The standard InChI is InChI=1S/C12H11FIN3O2/c1-2-19-12(18)10-11(15)17(6-16-10)9-4-3-7(13)5-8(9)14/h3-6H,2,15H2,1H3. The van der Waals surface area contributed by atoms with Crippen LogP contribution in [0.2, 0.25) is 0 Å². The van der Waals surface area contributed by atoms with Crippen molar-refractivity contribution < 1.29 is 13.9 Å². The summed E-state index contributed by atoms with van der Waals surface area (Å²) in [6.45, 7) is 1.95. The van der Waals surface area contributed by atoms with Gasteiger partial charge in [-0.1, -0.05) is 0 Å². The fourth-order valence-electron chi connectivity index (χ4n) is 1.58. The van der Waals surface area contributed by atoms with Crippen molar-refractivity contribution in [3.63, 3.8) is 0 Å². The van der Waals surface area contributed by atoms with Crippen LogP contribution in [0.3, 0.4) is 0 Å². The van der Waals surface area contributed by atoms with Gasteiger partial charge in [0, 0.05) is 3.57 Å². The van der Waals surface area contributed by atoms with Crippen LogP contribution >= 0.6 is 22.6 Å². The second-order valence-corrected chi connectivity index (χ2v) is 4.83. The Morgan fingerprint density at radius 3 is 2.95 bits per heavy atom. The third-order valence-electron chi connectivity index (χ3n) is 2.44. The summed E-state index contributed by atoms with van der Waals surface area (Å²) in [5.41, 5.74) is 6.59. The highest BCUT2D eigenvalue weighted by molar-refractivity contribution is 14.1. The number of anilines is 1. The summed E-state index contributed by atoms with van der Waals surface area (Å²) in [6.07, 6.45) is 1.41. The molecule has 7 heteroatoms. The van der Waals surface area contributed by atoms with Gasteiger partial charge in [-0.05, 0) is 47.7 Å². The van der Waals surface area contributed by atoms with Crippen LogP contribution in [0.4, 0.5) is 10.2 Å². The first kappa shape index (κ1) is 13.8. The SMILES string of the molecule is CCOC(=O)c1ncn(-c2ccc(F)cc2I)c1N. The van der Waals surface area contributed by atoms with Gasteiger partial charge in [0.05, 0.1) is 12.3 Å². The summed E-state index contributed by atoms with van der Waals surface area (Å²) in [5.74, 6) is -0.740. The highest BCUT2D eigenvalue weighted by Gasteiger charge is 2.18. The van der Waals surface area contributed by atoms with Crippen molar-refractivity contribution in [2.75, 3.05) is 12.3 Å². The van der Waals surface area contributed by atoms with Gasteiger partial charge >= 0.3 is 5.97 Å². The third-order valence-corrected chi connectivity index (χ3v) is 3.31. The molecular formula is C12H11FIN3O2. The van der Waals surface area contributed by atoms with Crippen LogP contribution in [0.25, 0.3) is 5.69 Å². The molecule has 19 heavy (non-hydrogen) atoms. The first-order valence-corrected chi connectivity index (χ1v) is 6.57. The Hall–Kier alpha value is -1.64. The minimum absolute atomic E-state index is 0.0574.